The Hall–Kier alpha value is -2.07. The molecule has 5 rings (SSSR count). The average Bonchev–Trinajstić information content (AvgIpc) is 3.22. The quantitative estimate of drug-likeness (QED) is 0.820. The molecule has 0 radical (unpaired) electrons. The summed E-state index contributed by atoms with van der Waals surface area (Å²) in [5.41, 5.74) is 3.05. The van der Waals surface area contributed by atoms with Gasteiger partial charge in [-0.05, 0) is 73.5 Å². The molecule has 0 unspecified atom stereocenters. The molecule has 1 aromatic carbocycles. The standard InChI is InChI=1S/C23H27NO3/c25-17-7-6-16-14-20-18-4-1-2-9-23(18,19(16)15-17)10-12-24(20)11-8-21(26)22-5-3-13-27-22/h3,5-7,13,15,18,20,25H,1-2,4,8-12,14H2/t18-,20-,23+/m0/s1. The molecule has 2 aromatic rings. The molecule has 142 valence electrons. The fraction of sp³-hybridized carbons (Fsp3) is 0.522. The van der Waals surface area contributed by atoms with Gasteiger partial charge in [0, 0.05) is 24.4 Å². The zero-order valence-electron chi connectivity index (χ0n) is 15.7. The van der Waals surface area contributed by atoms with Crippen LogP contribution >= 0.6 is 0 Å². The van der Waals surface area contributed by atoms with Gasteiger partial charge < -0.3 is 9.52 Å². The van der Waals surface area contributed by atoms with Crippen LogP contribution in [0.4, 0.5) is 0 Å². The number of nitrogens with zero attached hydrogens (tertiary/aromatic N) is 1. The first kappa shape index (κ1) is 17.1. The normalized spacial score (nSPS) is 29.8. The summed E-state index contributed by atoms with van der Waals surface area (Å²) in [6.45, 7) is 1.85. The lowest BCUT2D eigenvalue weighted by atomic mass is 9.52. The van der Waals surface area contributed by atoms with Gasteiger partial charge in [-0.3, -0.25) is 9.69 Å². The Kier molecular flexibility index (Phi) is 4.12. The molecule has 1 saturated heterocycles. The molecule has 0 spiro atoms. The molecule has 2 fully saturated rings. The Morgan fingerprint density at radius 3 is 3.04 bits per heavy atom. The second-order valence-corrected chi connectivity index (χ2v) is 8.56. The Balaban J connectivity index is 1.41. The molecular formula is C23H27NO3. The predicted molar refractivity (Wildman–Crippen MR) is 103 cm³/mol. The monoisotopic (exact) mass is 365 g/mol. The number of ketones is 1. The van der Waals surface area contributed by atoms with Gasteiger partial charge in [-0.1, -0.05) is 18.9 Å². The van der Waals surface area contributed by atoms with Crippen molar-refractivity contribution < 1.29 is 14.3 Å². The van der Waals surface area contributed by atoms with Crippen molar-refractivity contribution in [3.8, 4) is 5.75 Å². The molecule has 4 nitrogen and oxygen atoms in total. The molecule has 1 aromatic heterocycles. The number of piperidine rings is 1. The Labute approximate surface area is 160 Å². The molecule has 0 amide bonds. The van der Waals surface area contributed by atoms with E-state index in [9.17, 15) is 9.90 Å². The fourth-order valence-corrected chi connectivity index (χ4v) is 6.16. The van der Waals surface area contributed by atoms with Crippen LogP contribution in [0.2, 0.25) is 0 Å². The van der Waals surface area contributed by atoms with Crippen LogP contribution in [0.3, 0.4) is 0 Å². The second kappa shape index (κ2) is 6.52. The summed E-state index contributed by atoms with van der Waals surface area (Å²) in [5.74, 6) is 1.62. The lowest BCUT2D eigenvalue weighted by Crippen LogP contribution is -2.61. The number of aromatic hydroxyl groups is 1. The maximum Gasteiger partial charge on any atom is 0.199 e. The van der Waals surface area contributed by atoms with Gasteiger partial charge in [-0.2, -0.15) is 0 Å². The summed E-state index contributed by atoms with van der Waals surface area (Å²) in [5, 5.41) is 10.1. The van der Waals surface area contributed by atoms with Crippen LogP contribution in [0.15, 0.2) is 41.0 Å². The van der Waals surface area contributed by atoms with Crippen molar-refractivity contribution in [2.75, 3.05) is 13.1 Å². The highest BCUT2D eigenvalue weighted by Crippen LogP contribution is 2.56. The highest BCUT2D eigenvalue weighted by molar-refractivity contribution is 5.93. The first-order valence-corrected chi connectivity index (χ1v) is 10.3. The zero-order chi connectivity index (χ0) is 18.4. The lowest BCUT2D eigenvalue weighted by Gasteiger charge is -2.59. The third kappa shape index (κ3) is 2.73. The first-order valence-electron chi connectivity index (χ1n) is 10.3. The summed E-state index contributed by atoms with van der Waals surface area (Å²) in [7, 11) is 0. The largest absolute Gasteiger partial charge is 0.508 e. The Morgan fingerprint density at radius 2 is 2.19 bits per heavy atom. The summed E-state index contributed by atoms with van der Waals surface area (Å²) >= 11 is 0. The minimum Gasteiger partial charge on any atom is -0.508 e. The van der Waals surface area contributed by atoms with E-state index >= 15 is 0 Å². The molecule has 1 saturated carbocycles. The maximum absolute atomic E-state index is 12.4. The highest BCUT2D eigenvalue weighted by atomic mass is 16.3. The van der Waals surface area contributed by atoms with E-state index in [1.165, 1.54) is 36.8 Å². The average molecular weight is 365 g/mol. The van der Waals surface area contributed by atoms with Crippen LogP contribution in [0.1, 0.15) is 60.2 Å². The summed E-state index contributed by atoms with van der Waals surface area (Å²) in [4.78, 5) is 15.0. The molecular weight excluding hydrogens is 338 g/mol. The predicted octanol–water partition coefficient (Wildman–Crippen LogP) is 4.32. The Morgan fingerprint density at radius 1 is 1.26 bits per heavy atom. The number of likely N-dealkylation sites (tertiary alicyclic amines) is 1. The van der Waals surface area contributed by atoms with Gasteiger partial charge in [-0.15, -0.1) is 0 Å². The van der Waals surface area contributed by atoms with E-state index < -0.39 is 0 Å². The highest BCUT2D eigenvalue weighted by Gasteiger charge is 2.53. The molecule has 2 aliphatic carbocycles. The van der Waals surface area contributed by atoms with Crippen molar-refractivity contribution in [1.29, 1.82) is 0 Å². The number of fused-ring (bicyclic) bond motifs is 1. The molecule has 3 atom stereocenters. The van der Waals surface area contributed by atoms with E-state index in [1.807, 2.05) is 12.1 Å². The molecule has 2 bridgehead atoms. The molecule has 2 heterocycles. The van der Waals surface area contributed by atoms with Gasteiger partial charge >= 0.3 is 0 Å². The minimum absolute atomic E-state index is 0.0987. The summed E-state index contributed by atoms with van der Waals surface area (Å²) < 4.78 is 5.27. The lowest BCUT2D eigenvalue weighted by molar-refractivity contribution is -0.0111. The topological polar surface area (TPSA) is 53.7 Å². The van der Waals surface area contributed by atoms with Gasteiger partial charge in [0.2, 0.25) is 0 Å². The van der Waals surface area contributed by atoms with E-state index in [2.05, 4.69) is 11.0 Å². The van der Waals surface area contributed by atoms with Crippen LogP contribution in [0.5, 0.6) is 5.75 Å². The SMILES string of the molecule is O=C(CCN1CC[C@]23CCCC[C@H]2[C@@H]1Cc1ccc(O)cc13)c1ccco1. The number of rotatable bonds is 4. The molecule has 1 aliphatic heterocycles. The van der Waals surface area contributed by atoms with Crippen LogP contribution in [-0.4, -0.2) is 34.9 Å². The number of benzene rings is 1. The van der Waals surface area contributed by atoms with Gasteiger partial charge in [0.1, 0.15) is 5.75 Å². The number of phenolic OH excluding ortho intramolecular Hbond substituents is 1. The van der Waals surface area contributed by atoms with E-state index in [4.69, 9.17) is 4.42 Å². The van der Waals surface area contributed by atoms with Crippen molar-refractivity contribution >= 4 is 5.78 Å². The first-order chi connectivity index (χ1) is 13.2. The number of phenols is 1. The smallest absolute Gasteiger partial charge is 0.199 e. The third-order valence-corrected chi connectivity index (χ3v) is 7.36. The van der Waals surface area contributed by atoms with Gasteiger partial charge in [0.15, 0.2) is 11.5 Å². The van der Waals surface area contributed by atoms with Crippen LogP contribution in [-0.2, 0) is 11.8 Å². The number of Topliss-reactive ketones (excluding diaryl/α,β-unsaturated/α-hetero) is 1. The molecule has 3 aliphatic rings. The van der Waals surface area contributed by atoms with Crippen molar-refractivity contribution in [3.63, 3.8) is 0 Å². The van der Waals surface area contributed by atoms with Crippen molar-refractivity contribution in [3.05, 3.63) is 53.5 Å². The van der Waals surface area contributed by atoms with Crippen molar-refractivity contribution in [1.82, 2.24) is 4.90 Å². The van der Waals surface area contributed by atoms with E-state index in [1.54, 1.807) is 18.4 Å². The van der Waals surface area contributed by atoms with Crippen molar-refractivity contribution in [2.24, 2.45) is 5.92 Å². The maximum atomic E-state index is 12.4. The number of furan rings is 1. The van der Waals surface area contributed by atoms with Crippen LogP contribution in [0.25, 0.3) is 0 Å². The Bertz CT molecular complexity index is 843. The van der Waals surface area contributed by atoms with E-state index in [-0.39, 0.29) is 11.2 Å². The second-order valence-electron chi connectivity index (χ2n) is 8.56. The van der Waals surface area contributed by atoms with Gasteiger partial charge in [-0.25, -0.2) is 0 Å². The third-order valence-electron chi connectivity index (χ3n) is 7.36. The summed E-state index contributed by atoms with van der Waals surface area (Å²) in [6, 6.07) is 10.0. The van der Waals surface area contributed by atoms with E-state index in [0.717, 1.165) is 25.9 Å². The number of carbonyl (C=O) groups excluding carboxylic acids is 1. The van der Waals surface area contributed by atoms with Gasteiger partial charge in [0.05, 0.1) is 6.26 Å². The zero-order valence-corrected chi connectivity index (χ0v) is 15.7. The van der Waals surface area contributed by atoms with Crippen LogP contribution < -0.4 is 0 Å². The van der Waals surface area contributed by atoms with E-state index in [0.29, 0.717) is 29.9 Å². The van der Waals surface area contributed by atoms with Crippen LogP contribution in [0, 0.1) is 5.92 Å². The number of hydrogen-bond acceptors (Lipinski definition) is 4. The number of carbonyl (C=O) groups is 1. The minimum atomic E-state index is 0.0987. The number of hydrogen-bond donors (Lipinski definition) is 1. The summed E-state index contributed by atoms with van der Waals surface area (Å²) in [6.07, 6.45) is 9.36. The van der Waals surface area contributed by atoms with Crippen molar-refractivity contribution in [2.45, 2.75) is 56.4 Å². The molecule has 27 heavy (non-hydrogen) atoms. The molecule has 1 N–H and O–H groups in total. The van der Waals surface area contributed by atoms with Gasteiger partial charge in [0.25, 0.3) is 0 Å². The molecule has 4 heteroatoms. The fourth-order valence-electron chi connectivity index (χ4n) is 6.16.